The molecule has 0 bridgehead atoms. The molecule has 30 heavy (non-hydrogen) atoms. The van der Waals surface area contributed by atoms with Crippen molar-refractivity contribution in [2.45, 2.75) is 32.7 Å². The number of unbranched alkanes of at least 4 members (excludes halogenated alkanes) is 2. The Labute approximate surface area is 169 Å². The molecule has 162 valence electrons. The number of hydrogen-bond acceptors (Lipinski definition) is 9. The van der Waals surface area contributed by atoms with E-state index < -0.39 is 26.4 Å². The fraction of sp³-hybridized carbons (Fsp3) is 0.312. The second-order valence-corrected chi connectivity index (χ2v) is 6.93. The molecule has 0 atom stereocenters. The highest BCUT2D eigenvalue weighted by Crippen LogP contribution is 2.27. The number of hydrogen-bond donors (Lipinski definition) is 1. The molecule has 1 aromatic carbocycles. The van der Waals surface area contributed by atoms with Crippen molar-refractivity contribution in [3.8, 4) is 5.69 Å². The van der Waals surface area contributed by atoms with E-state index in [0.717, 1.165) is 19.3 Å². The zero-order valence-corrected chi connectivity index (χ0v) is 16.5. The lowest BCUT2D eigenvalue weighted by molar-refractivity contribution is -0.384. The van der Waals surface area contributed by atoms with Crippen LogP contribution in [0.25, 0.3) is 16.7 Å². The minimum atomic E-state index is -5.17. The third kappa shape index (κ3) is 5.82. The Bertz CT molecular complexity index is 1250. The van der Waals surface area contributed by atoms with Crippen molar-refractivity contribution in [1.82, 2.24) is 19.1 Å². The molecule has 13 nitrogen and oxygen atoms in total. The molecule has 0 saturated heterocycles. The number of nitro benzene ring substituents is 1. The van der Waals surface area contributed by atoms with Crippen LogP contribution >= 0.6 is 0 Å². The molecule has 0 aliphatic heterocycles. The summed E-state index contributed by atoms with van der Waals surface area (Å²) >= 11 is 0. The van der Waals surface area contributed by atoms with Crippen molar-refractivity contribution in [2.24, 2.45) is 0 Å². The van der Waals surface area contributed by atoms with Crippen LogP contribution in [0.2, 0.25) is 0 Å². The molecule has 0 aliphatic carbocycles. The summed E-state index contributed by atoms with van der Waals surface area (Å²) in [6, 6.07) is 2.82. The molecule has 3 rings (SSSR count). The van der Waals surface area contributed by atoms with Gasteiger partial charge in [0.25, 0.3) is 5.69 Å². The number of benzene rings is 1. The van der Waals surface area contributed by atoms with Gasteiger partial charge in [0.05, 0.1) is 22.3 Å². The summed E-state index contributed by atoms with van der Waals surface area (Å²) in [6.07, 6.45) is 7.17. The third-order valence-electron chi connectivity index (χ3n) is 4.04. The van der Waals surface area contributed by atoms with E-state index in [9.17, 15) is 19.7 Å². The second kappa shape index (κ2) is 9.43. The summed E-state index contributed by atoms with van der Waals surface area (Å²) in [7, 11) is -5.17. The van der Waals surface area contributed by atoms with Crippen LogP contribution in [0.15, 0.2) is 40.4 Å². The van der Waals surface area contributed by atoms with E-state index in [2.05, 4.69) is 9.97 Å². The van der Waals surface area contributed by atoms with Gasteiger partial charge in [-0.3, -0.25) is 28.1 Å². The molecule has 0 saturated carbocycles. The zero-order valence-electron chi connectivity index (χ0n) is 15.7. The van der Waals surface area contributed by atoms with Gasteiger partial charge in [-0.1, -0.05) is 19.8 Å². The minimum Gasteiger partial charge on any atom is -0.759 e. The zero-order chi connectivity index (χ0) is 22.5. The van der Waals surface area contributed by atoms with Gasteiger partial charge < -0.3 is 23.2 Å². The summed E-state index contributed by atoms with van der Waals surface area (Å²) in [5.74, 6) is 0. The van der Waals surface area contributed by atoms with Crippen molar-refractivity contribution in [2.75, 3.05) is 0 Å². The van der Waals surface area contributed by atoms with Gasteiger partial charge in [0.15, 0.2) is 0 Å². The molecule has 14 heteroatoms. The summed E-state index contributed by atoms with van der Waals surface area (Å²) in [6.45, 7) is 2.42. The highest BCUT2D eigenvalue weighted by Gasteiger charge is 2.19. The van der Waals surface area contributed by atoms with Crippen LogP contribution in [0, 0.1) is 10.1 Å². The van der Waals surface area contributed by atoms with Crippen molar-refractivity contribution in [1.29, 1.82) is 0 Å². The lowest BCUT2D eigenvalue weighted by Crippen LogP contribution is -2.36. The average molecular weight is 439 g/mol. The monoisotopic (exact) mass is 439 g/mol. The van der Waals surface area contributed by atoms with Gasteiger partial charge >= 0.3 is 11.1 Å². The largest absolute Gasteiger partial charge is 0.759 e. The number of nitrogens with one attached hydrogen (secondary N) is 1. The summed E-state index contributed by atoms with van der Waals surface area (Å²) in [5.41, 5.74) is -0.625. The van der Waals surface area contributed by atoms with E-state index in [1.165, 1.54) is 27.7 Å². The molecular weight excluding hydrogens is 422 g/mol. The molecule has 0 aliphatic rings. The topological polar surface area (TPSA) is 196 Å². The quantitative estimate of drug-likeness (QED) is 0.143. The van der Waals surface area contributed by atoms with Crippen LogP contribution in [-0.2, 0) is 16.9 Å². The summed E-state index contributed by atoms with van der Waals surface area (Å²) < 4.78 is 37.0. The lowest BCUT2D eigenvalue weighted by atomic mass is 10.2. The van der Waals surface area contributed by atoms with Crippen molar-refractivity contribution in [3.05, 3.63) is 61.7 Å². The summed E-state index contributed by atoms with van der Waals surface area (Å²) in [5, 5.41) is 11.4. The Morgan fingerprint density at radius 3 is 2.40 bits per heavy atom. The highest BCUT2D eigenvalue weighted by atomic mass is 32.3. The fourth-order valence-corrected chi connectivity index (χ4v) is 2.79. The molecule has 0 radical (unpaired) electrons. The van der Waals surface area contributed by atoms with Gasteiger partial charge in [0.2, 0.25) is 0 Å². The standard InChI is InChI=1S/C16H17N5O4.H2O4S/c1-2-3-4-6-20-12-9-13(19-7-5-17-10-19)14(21(24)25)8-11(12)18-15(22)16(20)23;1-5(2,3)4/h5,7-10H,2-4,6H2,1H3,(H,18,22);(H2,1,2,3,4)/p-2. The molecular formula is C16H17N5O8S-2. The van der Waals surface area contributed by atoms with Crippen molar-refractivity contribution in [3.63, 3.8) is 0 Å². The average Bonchev–Trinajstić information content (AvgIpc) is 3.17. The Morgan fingerprint density at radius 1 is 1.20 bits per heavy atom. The van der Waals surface area contributed by atoms with Crippen LogP contribution in [0.1, 0.15) is 26.2 Å². The van der Waals surface area contributed by atoms with Gasteiger partial charge in [-0.2, -0.15) is 0 Å². The number of fused-ring (bicyclic) bond motifs is 1. The molecule has 2 aromatic heterocycles. The number of aromatic amines is 1. The SMILES string of the molecule is CCCCCn1c(=O)c(=O)[nH]c2cc([N+](=O)[O-])c(-n3ccnc3)cc21.O=S(=O)([O-])[O-]. The molecule has 0 fully saturated rings. The molecule has 0 amide bonds. The lowest BCUT2D eigenvalue weighted by Gasteiger charge is -2.12. The fourth-order valence-electron chi connectivity index (χ4n) is 2.79. The van der Waals surface area contributed by atoms with Gasteiger partial charge in [0, 0.05) is 35.4 Å². The van der Waals surface area contributed by atoms with Crippen LogP contribution in [-0.4, -0.2) is 41.5 Å². The first-order valence-electron chi connectivity index (χ1n) is 8.63. The van der Waals surface area contributed by atoms with E-state index in [1.54, 1.807) is 12.3 Å². The first-order chi connectivity index (χ1) is 14.0. The van der Waals surface area contributed by atoms with E-state index >= 15 is 0 Å². The van der Waals surface area contributed by atoms with Gasteiger partial charge in [-0.15, -0.1) is 0 Å². The Hall–Kier alpha value is -3.36. The first kappa shape index (κ1) is 22.9. The van der Waals surface area contributed by atoms with E-state index in [0.29, 0.717) is 12.1 Å². The Balaban J connectivity index is 0.000000575. The predicted molar refractivity (Wildman–Crippen MR) is 103 cm³/mol. The maximum absolute atomic E-state index is 12.3. The highest BCUT2D eigenvalue weighted by molar-refractivity contribution is 7.79. The Morgan fingerprint density at radius 2 is 1.87 bits per heavy atom. The van der Waals surface area contributed by atoms with Crippen LogP contribution < -0.4 is 11.1 Å². The molecule has 0 spiro atoms. The molecule has 0 unspecified atom stereocenters. The van der Waals surface area contributed by atoms with Gasteiger partial charge in [-0.25, -0.2) is 4.98 Å². The predicted octanol–water partition coefficient (Wildman–Crippen LogP) is 0.636. The number of nitro groups is 1. The van der Waals surface area contributed by atoms with Crippen molar-refractivity contribution >= 4 is 27.1 Å². The number of nitrogens with zero attached hydrogens (tertiary/aromatic N) is 4. The maximum atomic E-state index is 12.3. The number of aryl methyl sites for hydroxylation is 1. The number of imidazole rings is 1. The van der Waals surface area contributed by atoms with Crippen LogP contribution in [0.4, 0.5) is 5.69 Å². The second-order valence-electron chi connectivity index (χ2n) is 6.11. The smallest absolute Gasteiger partial charge is 0.316 e. The van der Waals surface area contributed by atoms with Gasteiger partial charge in [0.1, 0.15) is 5.69 Å². The number of aromatic nitrogens is 4. The summed E-state index contributed by atoms with van der Waals surface area (Å²) in [4.78, 5) is 41.4. The molecule has 1 N–H and O–H groups in total. The number of rotatable bonds is 6. The normalized spacial score (nSPS) is 11.2. The van der Waals surface area contributed by atoms with Crippen LogP contribution in [0.5, 0.6) is 0 Å². The number of H-pyrrole nitrogens is 1. The third-order valence-corrected chi connectivity index (χ3v) is 4.04. The Kier molecular flexibility index (Phi) is 7.20. The molecule has 3 aromatic rings. The minimum absolute atomic E-state index is 0.181. The van der Waals surface area contributed by atoms with E-state index in [-0.39, 0.29) is 16.9 Å². The first-order valence-corrected chi connectivity index (χ1v) is 9.96. The molecule has 2 heterocycles. The van der Waals surface area contributed by atoms with E-state index in [1.807, 2.05) is 6.92 Å². The maximum Gasteiger partial charge on any atom is 0.316 e. The van der Waals surface area contributed by atoms with Crippen LogP contribution in [0.3, 0.4) is 0 Å². The van der Waals surface area contributed by atoms with Crippen molar-refractivity contribution < 1.29 is 22.4 Å². The van der Waals surface area contributed by atoms with Gasteiger partial charge in [-0.05, 0) is 12.5 Å². The van der Waals surface area contributed by atoms with E-state index in [4.69, 9.17) is 17.5 Å².